The van der Waals surface area contributed by atoms with E-state index in [1.54, 1.807) is 43.3 Å². The van der Waals surface area contributed by atoms with Gasteiger partial charge in [-0.2, -0.15) is 0 Å². The van der Waals surface area contributed by atoms with Gasteiger partial charge in [0.25, 0.3) is 5.69 Å². The van der Waals surface area contributed by atoms with Gasteiger partial charge in [0.05, 0.1) is 11.5 Å². The molecule has 0 spiro atoms. The Morgan fingerprint density at radius 1 is 1.25 bits per heavy atom. The Balaban J connectivity index is 2.14. The monoisotopic (exact) mass is 273 g/mol. The van der Waals surface area contributed by atoms with Crippen LogP contribution in [0.5, 0.6) is 5.75 Å². The van der Waals surface area contributed by atoms with E-state index in [2.05, 4.69) is 0 Å². The third-order valence-corrected chi connectivity index (χ3v) is 3.09. The first-order valence-corrected chi connectivity index (χ1v) is 6.17. The van der Waals surface area contributed by atoms with Crippen LogP contribution in [0.1, 0.15) is 16.7 Å². The van der Waals surface area contributed by atoms with Crippen molar-refractivity contribution in [2.24, 2.45) is 0 Å². The molecule has 0 saturated carbocycles. The van der Waals surface area contributed by atoms with Gasteiger partial charge >= 0.3 is 0 Å². The predicted octanol–water partition coefficient (Wildman–Crippen LogP) is 2.97. The van der Waals surface area contributed by atoms with Crippen molar-refractivity contribution in [2.75, 3.05) is 0 Å². The molecule has 0 heterocycles. The van der Waals surface area contributed by atoms with Crippen LogP contribution in [-0.4, -0.2) is 10.0 Å². The maximum atomic E-state index is 10.9. The summed E-state index contributed by atoms with van der Waals surface area (Å²) in [5, 5.41) is 19.9. The summed E-state index contributed by atoms with van der Waals surface area (Å²) in [6.07, 6.45) is 0. The minimum absolute atomic E-state index is 0.0486. The van der Waals surface area contributed by atoms with Gasteiger partial charge in [-0.25, -0.2) is 0 Å². The number of hydrogen-bond donors (Lipinski definition) is 1. The molecule has 104 valence electrons. The lowest BCUT2D eigenvalue weighted by molar-refractivity contribution is -0.385. The molecule has 0 bridgehead atoms. The molecule has 0 aliphatic carbocycles. The van der Waals surface area contributed by atoms with Gasteiger partial charge in [-0.05, 0) is 30.2 Å². The Morgan fingerprint density at radius 3 is 2.70 bits per heavy atom. The van der Waals surface area contributed by atoms with Gasteiger partial charge < -0.3 is 9.84 Å². The van der Waals surface area contributed by atoms with E-state index in [0.717, 1.165) is 11.1 Å². The van der Waals surface area contributed by atoms with E-state index < -0.39 is 4.92 Å². The van der Waals surface area contributed by atoms with Crippen molar-refractivity contribution in [1.29, 1.82) is 0 Å². The highest BCUT2D eigenvalue weighted by Gasteiger charge is 2.13. The van der Waals surface area contributed by atoms with E-state index in [1.165, 1.54) is 6.07 Å². The number of benzene rings is 2. The fourth-order valence-electron chi connectivity index (χ4n) is 1.92. The largest absolute Gasteiger partial charge is 0.489 e. The molecule has 0 aromatic heterocycles. The molecule has 2 aromatic carbocycles. The Morgan fingerprint density at radius 2 is 2.00 bits per heavy atom. The van der Waals surface area contributed by atoms with Crippen LogP contribution in [0.25, 0.3) is 0 Å². The maximum absolute atomic E-state index is 10.9. The van der Waals surface area contributed by atoms with Crippen molar-refractivity contribution in [1.82, 2.24) is 0 Å². The van der Waals surface area contributed by atoms with Gasteiger partial charge in [0, 0.05) is 11.6 Å². The average molecular weight is 273 g/mol. The van der Waals surface area contributed by atoms with Crippen molar-refractivity contribution in [2.45, 2.75) is 20.1 Å². The highest BCUT2D eigenvalue weighted by atomic mass is 16.6. The van der Waals surface area contributed by atoms with E-state index in [4.69, 9.17) is 9.84 Å². The topological polar surface area (TPSA) is 72.6 Å². The Labute approximate surface area is 116 Å². The van der Waals surface area contributed by atoms with E-state index in [0.29, 0.717) is 11.3 Å². The fraction of sp³-hybridized carbons (Fsp3) is 0.200. The molecule has 1 N–H and O–H groups in total. The Kier molecular flexibility index (Phi) is 4.32. The molecule has 0 saturated heterocycles. The fourth-order valence-corrected chi connectivity index (χ4v) is 1.92. The summed E-state index contributed by atoms with van der Waals surface area (Å²) in [7, 11) is 0. The maximum Gasteiger partial charge on any atom is 0.272 e. The Bertz CT molecular complexity index is 625. The highest BCUT2D eigenvalue weighted by molar-refractivity contribution is 5.44. The van der Waals surface area contributed by atoms with Crippen LogP contribution in [0.3, 0.4) is 0 Å². The summed E-state index contributed by atoms with van der Waals surface area (Å²) in [6, 6.07) is 12.0. The average Bonchev–Trinajstić information content (AvgIpc) is 2.46. The summed E-state index contributed by atoms with van der Waals surface area (Å²) >= 11 is 0. The summed E-state index contributed by atoms with van der Waals surface area (Å²) < 4.78 is 5.62. The van der Waals surface area contributed by atoms with Crippen LogP contribution < -0.4 is 4.74 Å². The lowest BCUT2D eigenvalue weighted by Crippen LogP contribution is -2.01. The number of nitro benzene ring substituents is 1. The van der Waals surface area contributed by atoms with Crippen molar-refractivity contribution in [3.05, 3.63) is 69.3 Å². The standard InChI is InChI=1S/C15H15NO4/c1-11-13(5-3-7-15(11)16(18)19)10-20-14-6-2-4-12(8-14)9-17/h2-8,17H,9-10H2,1H3. The van der Waals surface area contributed by atoms with Crippen LogP contribution in [0, 0.1) is 17.0 Å². The molecule has 0 fully saturated rings. The zero-order valence-electron chi connectivity index (χ0n) is 11.1. The van der Waals surface area contributed by atoms with Gasteiger partial charge in [-0.3, -0.25) is 10.1 Å². The highest BCUT2D eigenvalue weighted by Crippen LogP contribution is 2.23. The second-order valence-electron chi connectivity index (χ2n) is 4.41. The molecular weight excluding hydrogens is 258 g/mol. The zero-order valence-corrected chi connectivity index (χ0v) is 11.1. The lowest BCUT2D eigenvalue weighted by atomic mass is 10.1. The van der Waals surface area contributed by atoms with Crippen LogP contribution in [-0.2, 0) is 13.2 Å². The van der Waals surface area contributed by atoms with Gasteiger partial charge in [0.2, 0.25) is 0 Å². The number of nitro groups is 1. The molecule has 5 heteroatoms. The number of aliphatic hydroxyl groups is 1. The van der Waals surface area contributed by atoms with Gasteiger partial charge in [0.15, 0.2) is 0 Å². The van der Waals surface area contributed by atoms with E-state index in [-0.39, 0.29) is 18.9 Å². The van der Waals surface area contributed by atoms with Crippen molar-refractivity contribution < 1.29 is 14.8 Å². The number of rotatable bonds is 5. The van der Waals surface area contributed by atoms with Crippen LogP contribution >= 0.6 is 0 Å². The lowest BCUT2D eigenvalue weighted by Gasteiger charge is -2.09. The Hall–Kier alpha value is -2.40. The first kappa shape index (κ1) is 14.0. The van der Waals surface area contributed by atoms with E-state index >= 15 is 0 Å². The molecule has 0 radical (unpaired) electrons. The SMILES string of the molecule is Cc1c(COc2cccc(CO)c2)cccc1[N+](=O)[O-]. The quantitative estimate of drug-likeness (QED) is 0.671. The van der Waals surface area contributed by atoms with E-state index in [9.17, 15) is 10.1 Å². The number of nitrogens with zero attached hydrogens (tertiary/aromatic N) is 1. The van der Waals surface area contributed by atoms with Crippen molar-refractivity contribution >= 4 is 5.69 Å². The molecule has 0 amide bonds. The number of ether oxygens (including phenoxy) is 1. The molecule has 0 atom stereocenters. The minimum Gasteiger partial charge on any atom is -0.489 e. The first-order valence-electron chi connectivity index (χ1n) is 6.17. The summed E-state index contributed by atoms with van der Waals surface area (Å²) in [6.45, 7) is 1.91. The molecule has 20 heavy (non-hydrogen) atoms. The first-order chi connectivity index (χ1) is 9.61. The molecule has 2 rings (SSSR count). The third kappa shape index (κ3) is 3.13. The summed E-state index contributed by atoms with van der Waals surface area (Å²) in [5.41, 5.74) is 2.23. The van der Waals surface area contributed by atoms with Crippen molar-refractivity contribution in [3.8, 4) is 5.75 Å². The molecule has 0 aliphatic rings. The zero-order chi connectivity index (χ0) is 14.5. The summed E-state index contributed by atoms with van der Waals surface area (Å²) in [5.74, 6) is 0.627. The minimum atomic E-state index is -0.398. The van der Waals surface area contributed by atoms with E-state index in [1.807, 2.05) is 0 Å². The predicted molar refractivity (Wildman–Crippen MR) is 74.5 cm³/mol. The smallest absolute Gasteiger partial charge is 0.272 e. The van der Waals surface area contributed by atoms with Gasteiger partial charge in [0.1, 0.15) is 12.4 Å². The molecule has 2 aromatic rings. The molecular formula is C15H15NO4. The molecule has 0 aliphatic heterocycles. The summed E-state index contributed by atoms with van der Waals surface area (Å²) in [4.78, 5) is 10.5. The second-order valence-corrected chi connectivity index (χ2v) is 4.41. The van der Waals surface area contributed by atoms with Gasteiger partial charge in [-0.15, -0.1) is 0 Å². The second kappa shape index (κ2) is 6.16. The molecule has 0 unspecified atom stereocenters. The van der Waals surface area contributed by atoms with Crippen LogP contribution in [0.2, 0.25) is 0 Å². The normalized spacial score (nSPS) is 10.3. The van der Waals surface area contributed by atoms with Gasteiger partial charge in [-0.1, -0.05) is 24.3 Å². The number of hydrogen-bond acceptors (Lipinski definition) is 4. The van der Waals surface area contributed by atoms with Crippen molar-refractivity contribution in [3.63, 3.8) is 0 Å². The number of aliphatic hydroxyl groups excluding tert-OH is 1. The van der Waals surface area contributed by atoms with Crippen LogP contribution in [0.15, 0.2) is 42.5 Å². The molecule has 5 nitrogen and oxygen atoms in total. The third-order valence-electron chi connectivity index (χ3n) is 3.09. The van der Waals surface area contributed by atoms with Crippen LogP contribution in [0.4, 0.5) is 5.69 Å².